The minimum absolute atomic E-state index is 0.0640. The number of fused-ring (bicyclic) bond motifs is 1. The van der Waals surface area contributed by atoms with E-state index in [1.165, 1.54) is 0 Å². The number of rotatable bonds is 5. The van der Waals surface area contributed by atoms with Gasteiger partial charge in [0.05, 0.1) is 5.52 Å². The molecule has 1 atom stereocenters. The normalized spacial score (nSPS) is 13.6. The lowest BCUT2D eigenvalue weighted by molar-refractivity contribution is -0.136. The maximum Gasteiger partial charge on any atom is 0.389 e. The van der Waals surface area contributed by atoms with E-state index in [-0.39, 0.29) is 12.5 Å². The predicted molar refractivity (Wildman–Crippen MR) is 73.6 cm³/mol. The summed E-state index contributed by atoms with van der Waals surface area (Å²) >= 11 is 0. The Morgan fingerprint density at radius 1 is 1.15 bits per heavy atom. The molecule has 1 aromatic heterocycles. The number of alkyl halides is 3. The van der Waals surface area contributed by atoms with Crippen molar-refractivity contribution in [3.63, 3.8) is 0 Å². The van der Waals surface area contributed by atoms with Crippen LogP contribution in [0.5, 0.6) is 0 Å². The Labute approximate surface area is 116 Å². The van der Waals surface area contributed by atoms with Gasteiger partial charge in [-0.25, -0.2) is 0 Å². The van der Waals surface area contributed by atoms with E-state index >= 15 is 0 Å². The summed E-state index contributed by atoms with van der Waals surface area (Å²) in [6, 6.07) is 11.3. The van der Waals surface area contributed by atoms with Crippen LogP contribution in [0.4, 0.5) is 13.2 Å². The van der Waals surface area contributed by atoms with Crippen LogP contribution in [0, 0.1) is 0 Å². The van der Waals surface area contributed by atoms with Crippen LogP contribution in [0.2, 0.25) is 0 Å². The number of hydrogen-bond acceptors (Lipinski definition) is 2. The summed E-state index contributed by atoms with van der Waals surface area (Å²) in [6.45, 7) is 0. The van der Waals surface area contributed by atoms with Gasteiger partial charge in [-0.2, -0.15) is 13.2 Å². The van der Waals surface area contributed by atoms with Gasteiger partial charge in [0.2, 0.25) is 0 Å². The van der Waals surface area contributed by atoms with Gasteiger partial charge in [-0.3, -0.25) is 4.98 Å². The number of para-hydroxylation sites is 1. The monoisotopic (exact) mass is 282 g/mol. The molecule has 0 aliphatic carbocycles. The van der Waals surface area contributed by atoms with Crippen molar-refractivity contribution >= 4 is 10.9 Å². The Bertz CT molecular complexity index is 566. The number of nitrogens with zero attached hydrogens (tertiary/aromatic N) is 1. The molecule has 108 valence electrons. The van der Waals surface area contributed by atoms with E-state index in [9.17, 15) is 13.2 Å². The molecule has 2 aromatic rings. The van der Waals surface area contributed by atoms with Crippen LogP contribution in [0.3, 0.4) is 0 Å². The van der Waals surface area contributed by atoms with Crippen molar-refractivity contribution in [2.45, 2.75) is 31.5 Å². The number of likely N-dealkylation sites (N-methyl/N-ethyl adjacent to an activating group) is 1. The molecule has 0 aliphatic heterocycles. The smallest absolute Gasteiger partial charge is 0.317 e. The molecule has 1 heterocycles. The van der Waals surface area contributed by atoms with Gasteiger partial charge in [0.25, 0.3) is 0 Å². The molecule has 0 bridgehead atoms. The summed E-state index contributed by atoms with van der Waals surface area (Å²) in [5.74, 6) is 0. The van der Waals surface area contributed by atoms with Gasteiger partial charge >= 0.3 is 6.18 Å². The van der Waals surface area contributed by atoms with Crippen molar-refractivity contribution in [2.24, 2.45) is 0 Å². The molecule has 0 fully saturated rings. The highest BCUT2D eigenvalue weighted by atomic mass is 19.4. The maximum absolute atomic E-state index is 12.3. The van der Waals surface area contributed by atoms with Crippen molar-refractivity contribution in [3.05, 3.63) is 42.1 Å². The van der Waals surface area contributed by atoms with E-state index in [4.69, 9.17) is 0 Å². The summed E-state index contributed by atoms with van der Waals surface area (Å²) in [7, 11) is 1.68. The fourth-order valence-corrected chi connectivity index (χ4v) is 2.16. The molecular weight excluding hydrogens is 265 g/mol. The van der Waals surface area contributed by atoms with Crippen molar-refractivity contribution in [1.29, 1.82) is 0 Å². The zero-order valence-electron chi connectivity index (χ0n) is 11.2. The quantitative estimate of drug-likeness (QED) is 0.904. The molecule has 0 saturated carbocycles. The fourth-order valence-electron chi connectivity index (χ4n) is 2.16. The Hall–Kier alpha value is -1.62. The maximum atomic E-state index is 12.3. The first-order valence-corrected chi connectivity index (χ1v) is 6.56. The van der Waals surface area contributed by atoms with Crippen molar-refractivity contribution in [3.8, 4) is 0 Å². The lowest BCUT2D eigenvalue weighted by atomic mass is 10.0. The molecule has 1 unspecified atom stereocenters. The number of hydrogen-bond donors (Lipinski definition) is 1. The van der Waals surface area contributed by atoms with Gasteiger partial charge in [-0.15, -0.1) is 0 Å². The molecule has 20 heavy (non-hydrogen) atoms. The van der Waals surface area contributed by atoms with Gasteiger partial charge in [0.1, 0.15) is 0 Å². The van der Waals surface area contributed by atoms with Crippen LogP contribution in [0.25, 0.3) is 10.9 Å². The first-order chi connectivity index (χ1) is 9.48. The lowest BCUT2D eigenvalue weighted by Gasteiger charge is -2.17. The summed E-state index contributed by atoms with van der Waals surface area (Å²) in [5.41, 5.74) is 1.68. The second kappa shape index (κ2) is 6.22. The summed E-state index contributed by atoms with van der Waals surface area (Å²) in [6.07, 6.45) is -4.32. The third-order valence-corrected chi connectivity index (χ3v) is 3.30. The Morgan fingerprint density at radius 2 is 1.90 bits per heavy atom. The molecule has 1 N–H and O–H groups in total. The van der Waals surface area contributed by atoms with Crippen LogP contribution in [-0.2, 0) is 6.42 Å². The molecule has 2 nitrogen and oxygen atoms in total. The van der Waals surface area contributed by atoms with Crippen LogP contribution >= 0.6 is 0 Å². The zero-order chi connectivity index (χ0) is 14.6. The fraction of sp³-hybridized carbons (Fsp3) is 0.400. The summed E-state index contributed by atoms with van der Waals surface area (Å²) in [5, 5.41) is 3.97. The van der Waals surface area contributed by atoms with Gasteiger partial charge in [-0.05, 0) is 25.6 Å². The average molecular weight is 282 g/mol. The second-order valence-corrected chi connectivity index (χ2v) is 4.84. The topological polar surface area (TPSA) is 24.9 Å². The largest absolute Gasteiger partial charge is 0.389 e. The highest BCUT2D eigenvalue weighted by molar-refractivity contribution is 5.78. The lowest BCUT2D eigenvalue weighted by Crippen LogP contribution is -2.29. The molecule has 5 heteroatoms. The SMILES string of the molecule is CNC(CCC(F)(F)F)Cc1ccc2ccccc2n1. The van der Waals surface area contributed by atoms with Crippen molar-refractivity contribution in [2.75, 3.05) is 7.05 Å². The third-order valence-electron chi connectivity index (χ3n) is 3.30. The minimum atomic E-state index is -4.11. The molecule has 0 spiro atoms. The molecule has 0 aliphatic rings. The molecule has 1 aromatic carbocycles. The van der Waals surface area contributed by atoms with E-state index in [1.807, 2.05) is 36.4 Å². The van der Waals surface area contributed by atoms with Gasteiger partial charge in [0.15, 0.2) is 0 Å². The predicted octanol–water partition coefficient (Wildman–Crippen LogP) is 3.71. The van der Waals surface area contributed by atoms with E-state index in [1.54, 1.807) is 7.05 Å². The average Bonchev–Trinajstić information content (AvgIpc) is 2.42. The minimum Gasteiger partial charge on any atom is -0.317 e. The van der Waals surface area contributed by atoms with Crippen LogP contribution in [0.1, 0.15) is 18.5 Å². The number of halogens is 3. The number of pyridine rings is 1. The van der Waals surface area contributed by atoms with E-state index in [2.05, 4.69) is 10.3 Å². The van der Waals surface area contributed by atoms with Crippen LogP contribution in [-0.4, -0.2) is 24.2 Å². The molecule has 0 amide bonds. The first kappa shape index (κ1) is 14.8. The standard InChI is InChI=1S/C15H17F3N2/c1-19-12(8-9-15(16,17)18)10-13-7-6-11-4-2-3-5-14(11)20-13/h2-7,12,19H,8-10H2,1H3. The van der Waals surface area contributed by atoms with Crippen molar-refractivity contribution in [1.82, 2.24) is 10.3 Å². The number of aromatic nitrogens is 1. The number of benzene rings is 1. The van der Waals surface area contributed by atoms with Gasteiger partial charge in [-0.1, -0.05) is 24.3 Å². The second-order valence-electron chi connectivity index (χ2n) is 4.84. The van der Waals surface area contributed by atoms with E-state index in [0.717, 1.165) is 16.6 Å². The van der Waals surface area contributed by atoms with Crippen molar-refractivity contribution < 1.29 is 13.2 Å². The molecular formula is C15H17F3N2. The molecule has 2 rings (SSSR count). The van der Waals surface area contributed by atoms with Crippen LogP contribution < -0.4 is 5.32 Å². The van der Waals surface area contributed by atoms with Gasteiger partial charge in [0, 0.05) is 30.0 Å². The Morgan fingerprint density at radius 3 is 2.60 bits per heavy atom. The summed E-state index contributed by atoms with van der Waals surface area (Å²) < 4.78 is 36.8. The van der Waals surface area contributed by atoms with E-state index in [0.29, 0.717) is 6.42 Å². The van der Waals surface area contributed by atoms with Gasteiger partial charge < -0.3 is 5.32 Å². The first-order valence-electron chi connectivity index (χ1n) is 6.56. The van der Waals surface area contributed by atoms with Crippen LogP contribution in [0.15, 0.2) is 36.4 Å². The highest BCUT2D eigenvalue weighted by Gasteiger charge is 2.28. The Kier molecular flexibility index (Phi) is 4.60. The zero-order valence-corrected chi connectivity index (χ0v) is 11.2. The highest BCUT2D eigenvalue weighted by Crippen LogP contribution is 2.23. The summed E-state index contributed by atoms with van der Waals surface area (Å²) in [4.78, 5) is 4.49. The molecule has 0 saturated heterocycles. The molecule has 0 radical (unpaired) electrons. The Balaban J connectivity index is 2.05. The third kappa shape index (κ3) is 4.20. The number of nitrogens with one attached hydrogen (secondary N) is 1. The van der Waals surface area contributed by atoms with E-state index < -0.39 is 12.6 Å².